The van der Waals surface area contributed by atoms with Gasteiger partial charge >= 0.3 is 5.97 Å². The van der Waals surface area contributed by atoms with Crippen LogP contribution in [-0.4, -0.2) is 34.5 Å². The van der Waals surface area contributed by atoms with Gasteiger partial charge in [0.25, 0.3) is 5.91 Å². The predicted octanol–water partition coefficient (Wildman–Crippen LogP) is 2.71. The Morgan fingerprint density at radius 3 is 2.56 bits per heavy atom. The number of carbonyl (C=O) groups is 2. The van der Waals surface area contributed by atoms with Crippen LogP contribution >= 0.6 is 11.3 Å². The Kier molecular flexibility index (Phi) is 5.34. The predicted molar refractivity (Wildman–Crippen MR) is 71.9 cm³/mol. The minimum atomic E-state index is -0.873. The molecule has 1 N–H and O–H groups in total. The summed E-state index contributed by atoms with van der Waals surface area (Å²) in [5.41, 5.74) is 0. The summed E-state index contributed by atoms with van der Waals surface area (Å²) in [7, 11) is 0. The van der Waals surface area contributed by atoms with Gasteiger partial charge in [0.05, 0.1) is 10.8 Å². The molecule has 0 aromatic carbocycles. The molecule has 0 saturated carbocycles. The van der Waals surface area contributed by atoms with Crippen molar-refractivity contribution in [2.24, 2.45) is 5.92 Å². The molecule has 18 heavy (non-hydrogen) atoms. The first kappa shape index (κ1) is 14.7. The molecule has 1 rings (SSSR count). The number of amides is 1. The number of hydrogen-bond donors (Lipinski definition) is 1. The summed E-state index contributed by atoms with van der Waals surface area (Å²) in [4.78, 5) is 25.5. The van der Waals surface area contributed by atoms with Crippen molar-refractivity contribution in [3.8, 4) is 0 Å². The van der Waals surface area contributed by atoms with Crippen molar-refractivity contribution >= 4 is 23.2 Å². The van der Waals surface area contributed by atoms with E-state index in [0.717, 1.165) is 6.42 Å². The van der Waals surface area contributed by atoms with Gasteiger partial charge in [0, 0.05) is 12.6 Å². The summed E-state index contributed by atoms with van der Waals surface area (Å²) >= 11 is 1.38. The Hall–Kier alpha value is -1.36. The Labute approximate surface area is 111 Å². The van der Waals surface area contributed by atoms with Crippen molar-refractivity contribution in [1.29, 1.82) is 0 Å². The lowest BCUT2D eigenvalue weighted by Crippen LogP contribution is -2.42. The summed E-state index contributed by atoms with van der Waals surface area (Å²) in [5, 5.41) is 10.8. The molecule has 0 fully saturated rings. The van der Waals surface area contributed by atoms with Gasteiger partial charge in [0.15, 0.2) is 0 Å². The van der Waals surface area contributed by atoms with Crippen LogP contribution in [0.4, 0.5) is 0 Å². The number of nitrogens with zero attached hydrogens (tertiary/aromatic N) is 1. The Balaban J connectivity index is 2.85. The Morgan fingerprint density at radius 2 is 2.11 bits per heavy atom. The normalized spacial score (nSPS) is 13.9. The zero-order valence-electron chi connectivity index (χ0n) is 10.9. The van der Waals surface area contributed by atoms with Gasteiger partial charge < -0.3 is 10.0 Å². The zero-order chi connectivity index (χ0) is 13.7. The summed E-state index contributed by atoms with van der Waals surface area (Å²) in [6.45, 7) is 5.81. The first-order valence-corrected chi connectivity index (χ1v) is 6.92. The summed E-state index contributed by atoms with van der Waals surface area (Å²) in [6, 6.07) is 3.64. The number of carbonyl (C=O) groups excluding carboxylic acids is 1. The molecule has 4 nitrogen and oxygen atoms in total. The highest BCUT2D eigenvalue weighted by atomic mass is 32.1. The monoisotopic (exact) mass is 269 g/mol. The van der Waals surface area contributed by atoms with Crippen LogP contribution in [-0.2, 0) is 4.79 Å². The fourth-order valence-electron chi connectivity index (χ4n) is 1.60. The highest BCUT2D eigenvalue weighted by Gasteiger charge is 2.25. The molecular weight excluding hydrogens is 250 g/mol. The number of carboxylic acid groups (broad SMARTS) is 1. The SMILES string of the molecule is CCC(C)N(CC(C)C(=O)O)C(=O)c1cccs1. The van der Waals surface area contributed by atoms with E-state index in [2.05, 4.69) is 0 Å². The van der Waals surface area contributed by atoms with Crippen molar-refractivity contribution in [3.63, 3.8) is 0 Å². The van der Waals surface area contributed by atoms with Gasteiger partial charge in [0.2, 0.25) is 0 Å². The quantitative estimate of drug-likeness (QED) is 0.864. The minimum absolute atomic E-state index is 0.0430. The number of carboxylic acids is 1. The van der Waals surface area contributed by atoms with Gasteiger partial charge in [-0.25, -0.2) is 0 Å². The van der Waals surface area contributed by atoms with Crippen molar-refractivity contribution < 1.29 is 14.7 Å². The standard InChI is InChI=1S/C13H19NO3S/c1-4-10(3)14(8-9(2)13(16)17)12(15)11-6-5-7-18-11/h5-7,9-10H,4,8H2,1-3H3,(H,16,17). The van der Waals surface area contributed by atoms with Crippen LogP contribution in [0.5, 0.6) is 0 Å². The van der Waals surface area contributed by atoms with Gasteiger partial charge in [-0.15, -0.1) is 11.3 Å². The van der Waals surface area contributed by atoms with Gasteiger partial charge in [-0.3, -0.25) is 9.59 Å². The molecule has 1 heterocycles. The molecule has 2 atom stereocenters. The molecule has 100 valence electrons. The molecule has 1 aromatic rings. The lowest BCUT2D eigenvalue weighted by molar-refractivity contribution is -0.141. The molecule has 0 bridgehead atoms. The molecule has 2 unspecified atom stereocenters. The van der Waals surface area contributed by atoms with Crippen LogP contribution in [0.3, 0.4) is 0 Å². The van der Waals surface area contributed by atoms with Crippen molar-refractivity contribution in [2.45, 2.75) is 33.2 Å². The summed E-state index contributed by atoms with van der Waals surface area (Å²) < 4.78 is 0. The van der Waals surface area contributed by atoms with Crippen LogP contribution in [0.2, 0.25) is 0 Å². The van der Waals surface area contributed by atoms with E-state index in [4.69, 9.17) is 5.11 Å². The lowest BCUT2D eigenvalue weighted by atomic mass is 10.1. The highest BCUT2D eigenvalue weighted by molar-refractivity contribution is 7.12. The molecule has 5 heteroatoms. The molecule has 1 amide bonds. The molecule has 0 spiro atoms. The van der Waals surface area contributed by atoms with Crippen molar-refractivity contribution in [2.75, 3.05) is 6.54 Å². The van der Waals surface area contributed by atoms with Gasteiger partial charge in [-0.2, -0.15) is 0 Å². The topological polar surface area (TPSA) is 57.6 Å². The van der Waals surface area contributed by atoms with Crippen LogP contribution in [0.15, 0.2) is 17.5 Å². The smallest absolute Gasteiger partial charge is 0.308 e. The van der Waals surface area contributed by atoms with Crippen molar-refractivity contribution in [3.05, 3.63) is 22.4 Å². The number of rotatable bonds is 6. The third kappa shape index (κ3) is 3.57. The van der Waals surface area contributed by atoms with E-state index in [1.54, 1.807) is 17.9 Å². The Morgan fingerprint density at radius 1 is 1.44 bits per heavy atom. The van der Waals surface area contributed by atoms with Gasteiger partial charge in [-0.05, 0) is 24.8 Å². The van der Waals surface area contributed by atoms with E-state index in [1.807, 2.05) is 25.3 Å². The fourth-order valence-corrected chi connectivity index (χ4v) is 2.28. The minimum Gasteiger partial charge on any atom is -0.481 e. The van der Waals surface area contributed by atoms with Crippen LogP contribution in [0.1, 0.15) is 36.9 Å². The van der Waals surface area contributed by atoms with E-state index in [9.17, 15) is 9.59 Å². The average molecular weight is 269 g/mol. The van der Waals surface area contributed by atoms with Gasteiger partial charge in [-0.1, -0.05) is 19.9 Å². The fraction of sp³-hybridized carbons (Fsp3) is 0.538. The summed E-state index contributed by atoms with van der Waals surface area (Å²) in [5.74, 6) is -1.50. The van der Waals surface area contributed by atoms with Crippen LogP contribution < -0.4 is 0 Å². The molecule has 0 aliphatic carbocycles. The number of aliphatic carboxylic acids is 1. The van der Waals surface area contributed by atoms with E-state index < -0.39 is 11.9 Å². The van der Waals surface area contributed by atoms with Gasteiger partial charge in [0.1, 0.15) is 0 Å². The zero-order valence-corrected chi connectivity index (χ0v) is 11.7. The number of thiophene rings is 1. The number of hydrogen-bond acceptors (Lipinski definition) is 3. The molecule has 0 aliphatic heterocycles. The molecule has 0 radical (unpaired) electrons. The van der Waals surface area contributed by atoms with Crippen molar-refractivity contribution in [1.82, 2.24) is 4.90 Å². The van der Waals surface area contributed by atoms with Crippen LogP contribution in [0.25, 0.3) is 0 Å². The highest BCUT2D eigenvalue weighted by Crippen LogP contribution is 2.17. The third-order valence-electron chi connectivity index (χ3n) is 3.01. The van der Waals surface area contributed by atoms with E-state index in [1.165, 1.54) is 11.3 Å². The Bertz CT molecular complexity index is 402. The maximum atomic E-state index is 12.3. The maximum Gasteiger partial charge on any atom is 0.308 e. The summed E-state index contributed by atoms with van der Waals surface area (Å²) in [6.07, 6.45) is 0.809. The second-order valence-electron chi connectivity index (χ2n) is 4.43. The largest absolute Gasteiger partial charge is 0.481 e. The average Bonchev–Trinajstić information content (AvgIpc) is 2.87. The van der Waals surface area contributed by atoms with E-state index in [0.29, 0.717) is 4.88 Å². The first-order chi connectivity index (χ1) is 8.47. The molecular formula is C13H19NO3S. The first-order valence-electron chi connectivity index (χ1n) is 6.04. The lowest BCUT2D eigenvalue weighted by Gasteiger charge is -2.29. The molecule has 1 aromatic heterocycles. The van der Waals surface area contributed by atoms with E-state index >= 15 is 0 Å². The maximum absolute atomic E-state index is 12.3. The third-order valence-corrected chi connectivity index (χ3v) is 3.87. The second kappa shape index (κ2) is 6.54. The second-order valence-corrected chi connectivity index (χ2v) is 5.38. The van der Waals surface area contributed by atoms with Crippen LogP contribution in [0, 0.1) is 5.92 Å². The van der Waals surface area contributed by atoms with E-state index in [-0.39, 0.29) is 18.5 Å². The molecule has 0 aliphatic rings. The molecule has 0 saturated heterocycles.